The first-order valence-electron chi connectivity index (χ1n) is 12.0. The minimum atomic E-state index is -0.601. The number of hydrogen-bond donors (Lipinski definition) is 1. The molecule has 0 aliphatic heterocycles. The number of aliphatic hydroxyl groups excluding tert-OH is 1. The van der Waals surface area contributed by atoms with Crippen molar-refractivity contribution in [2.45, 2.75) is 59.2 Å². The summed E-state index contributed by atoms with van der Waals surface area (Å²) in [6, 6.07) is 16.0. The van der Waals surface area contributed by atoms with E-state index in [2.05, 4.69) is 25.7 Å². The van der Waals surface area contributed by atoms with Gasteiger partial charge in [-0.1, -0.05) is 37.6 Å². The van der Waals surface area contributed by atoms with Crippen molar-refractivity contribution >= 4 is 0 Å². The van der Waals surface area contributed by atoms with E-state index < -0.39 is 6.10 Å². The van der Waals surface area contributed by atoms with Gasteiger partial charge < -0.3 is 14.6 Å². The number of unbranched alkanes of at least 4 members (excludes halogenated alkanes) is 1. The van der Waals surface area contributed by atoms with Crippen molar-refractivity contribution in [2.24, 2.45) is 0 Å². The van der Waals surface area contributed by atoms with Gasteiger partial charge in [0.05, 0.1) is 29.7 Å². The molecule has 184 valence electrons. The zero-order valence-electron chi connectivity index (χ0n) is 20.6. The van der Waals surface area contributed by atoms with Crippen LogP contribution in [0.3, 0.4) is 0 Å². The van der Waals surface area contributed by atoms with Gasteiger partial charge in [-0.3, -0.25) is 4.90 Å². The quantitative estimate of drug-likeness (QED) is 0.335. The van der Waals surface area contributed by atoms with Gasteiger partial charge in [0.1, 0.15) is 11.6 Å². The standard InChI is InChI=1S/C27H36FN3O3/c1-5-6-15-33-19-24(32)17-30(20(2)3)18-26-21(4)29-31(23-12-8-7-9-13-23)27(26)34-25-14-10-11-22(28)16-25/h7-14,16,20,24,32H,5-6,15,17-19H2,1-4H3. The van der Waals surface area contributed by atoms with E-state index in [1.807, 2.05) is 37.3 Å². The van der Waals surface area contributed by atoms with Crippen LogP contribution < -0.4 is 4.74 Å². The van der Waals surface area contributed by atoms with Crippen LogP contribution >= 0.6 is 0 Å². The Kier molecular flexibility index (Phi) is 9.62. The zero-order valence-corrected chi connectivity index (χ0v) is 20.6. The lowest BCUT2D eigenvalue weighted by Crippen LogP contribution is -2.39. The fourth-order valence-corrected chi connectivity index (χ4v) is 3.66. The molecule has 0 bridgehead atoms. The smallest absolute Gasteiger partial charge is 0.227 e. The van der Waals surface area contributed by atoms with Gasteiger partial charge in [0.15, 0.2) is 0 Å². The van der Waals surface area contributed by atoms with E-state index in [0.717, 1.165) is 29.8 Å². The van der Waals surface area contributed by atoms with E-state index in [4.69, 9.17) is 14.6 Å². The summed E-state index contributed by atoms with van der Waals surface area (Å²) >= 11 is 0. The molecular weight excluding hydrogens is 433 g/mol. The molecule has 2 aromatic carbocycles. The van der Waals surface area contributed by atoms with E-state index in [0.29, 0.717) is 37.9 Å². The predicted molar refractivity (Wildman–Crippen MR) is 132 cm³/mol. The van der Waals surface area contributed by atoms with Crippen molar-refractivity contribution in [3.05, 3.63) is 71.7 Å². The van der Waals surface area contributed by atoms with Crippen molar-refractivity contribution in [1.82, 2.24) is 14.7 Å². The summed E-state index contributed by atoms with van der Waals surface area (Å²) in [5, 5.41) is 15.3. The van der Waals surface area contributed by atoms with Gasteiger partial charge in [0.25, 0.3) is 0 Å². The Labute approximate surface area is 201 Å². The Morgan fingerprint density at radius 3 is 2.56 bits per heavy atom. The molecule has 0 radical (unpaired) electrons. The van der Waals surface area contributed by atoms with Crippen molar-refractivity contribution < 1.29 is 19.0 Å². The van der Waals surface area contributed by atoms with Gasteiger partial charge in [-0.05, 0) is 51.5 Å². The highest BCUT2D eigenvalue weighted by Gasteiger charge is 2.24. The molecule has 6 nitrogen and oxygen atoms in total. The van der Waals surface area contributed by atoms with E-state index >= 15 is 0 Å². The third-order valence-corrected chi connectivity index (χ3v) is 5.64. The van der Waals surface area contributed by atoms with Gasteiger partial charge in [-0.25, -0.2) is 9.07 Å². The lowest BCUT2D eigenvalue weighted by atomic mass is 10.2. The van der Waals surface area contributed by atoms with Crippen LogP contribution in [0.4, 0.5) is 4.39 Å². The summed E-state index contributed by atoms with van der Waals surface area (Å²) in [6.07, 6.45) is 1.45. The van der Waals surface area contributed by atoms with Crippen LogP contribution in [0.1, 0.15) is 44.9 Å². The van der Waals surface area contributed by atoms with Gasteiger partial charge in [-0.2, -0.15) is 5.10 Å². The predicted octanol–water partition coefficient (Wildman–Crippen LogP) is 5.50. The second kappa shape index (κ2) is 12.6. The fourth-order valence-electron chi connectivity index (χ4n) is 3.66. The number of halogens is 1. The number of aromatic nitrogens is 2. The minimum absolute atomic E-state index is 0.173. The fraction of sp³-hybridized carbons (Fsp3) is 0.444. The van der Waals surface area contributed by atoms with Crippen LogP contribution in [0.15, 0.2) is 54.6 Å². The minimum Gasteiger partial charge on any atom is -0.438 e. The van der Waals surface area contributed by atoms with Gasteiger partial charge in [0.2, 0.25) is 5.88 Å². The van der Waals surface area contributed by atoms with E-state index in [-0.39, 0.29) is 11.9 Å². The second-order valence-electron chi connectivity index (χ2n) is 8.78. The molecule has 3 aromatic rings. The Balaban J connectivity index is 1.88. The normalized spacial score (nSPS) is 12.5. The molecule has 0 aliphatic carbocycles. The Hall–Kier alpha value is -2.74. The summed E-state index contributed by atoms with van der Waals surface area (Å²) in [6.45, 7) is 10.2. The highest BCUT2D eigenvalue weighted by Crippen LogP contribution is 2.32. The van der Waals surface area contributed by atoms with E-state index in [1.165, 1.54) is 12.1 Å². The molecule has 1 unspecified atom stereocenters. The lowest BCUT2D eigenvalue weighted by molar-refractivity contribution is 0.00842. The topological polar surface area (TPSA) is 59.8 Å². The highest BCUT2D eigenvalue weighted by atomic mass is 19.1. The molecule has 34 heavy (non-hydrogen) atoms. The summed E-state index contributed by atoms with van der Waals surface area (Å²) < 4.78 is 27.4. The largest absolute Gasteiger partial charge is 0.438 e. The molecule has 1 N–H and O–H groups in total. The third kappa shape index (κ3) is 7.13. The number of aryl methyl sites for hydroxylation is 1. The maximum atomic E-state index is 13.9. The first kappa shape index (κ1) is 25.9. The Morgan fingerprint density at radius 1 is 1.12 bits per heavy atom. The van der Waals surface area contributed by atoms with Crippen molar-refractivity contribution in [3.8, 4) is 17.3 Å². The van der Waals surface area contributed by atoms with Crippen LogP contribution in [0.5, 0.6) is 11.6 Å². The van der Waals surface area contributed by atoms with Crippen molar-refractivity contribution in [2.75, 3.05) is 19.8 Å². The van der Waals surface area contributed by atoms with E-state index in [9.17, 15) is 9.50 Å². The maximum Gasteiger partial charge on any atom is 0.227 e. The van der Waals surface area contributed by atoms with Crippen LogP contribution in [-0.2, 0) is 11.3 Å². The highest BCUT2D eigenvalue weighted by molar-refractivity contribution is 5.43. The number of hydrogen-bond acceptors (Lipinski definition) is 5. The molecule has 0 saturated carbocycles. The first-order chi connectivity index (χ1) is 16.4. The third-order valence-electron chi connectivity index (χ3n) is 5.64. The number of rotatable bonds is 13. The van der Waals surface area contributed by atoms with E-state index in [1.54, 1.807) is 16.8 Å². The average Bonchev–Trinajstić information content (AvgIpc) is 3.11. The monoisotopic (exact) mass is 469 g/mol. The number of nitrogens with zero attached hydrogens (tertiary/aromatic N) is 3. The summed E-state index contributed by atoms with van der Waals surface area (Å²) in [5.74, 6) is 0.573. The zero-order chi connectivity index (χ0) is 24.5. The molecule has 0 fully saturated rings. The molecule has 1 aromatic heterocycles. The molecular formula is C27H36FN3O3. The molecule has 0 spiro atoms. The Morgan fingerprint density at radius 2 is 1.88 bits per heavy atom. The van der Waals surface area contributed by atoms with Crippen LogP contribution in [0, 0.1) is 12.7 Å². The second-order valence-corrected chi connectivity index (χ2v) is 8.78. The van der Waals surface area contributed by atoms with Crippen molar-refractivity contribution in [1.29, 1.82) is 0 Å². The van der Waals surface area contributed by atoms with Crippen LogP contribution in [0.25, 0.3) is 5.69 Å². The Bertz CT molecular complexity index is 1020. The summed E-state index contributed by atoms with van der Waals surface area (Å²) in [5.41, 5.74) is 2.55. The average molecular weight is 470 g/mol. The first-order valence-corrected chi connectivity index (χ1v) is 12.0. The SMILES string of the molecule is CCCCOCC(O)CN(Cc1c(C)nn(-c2ccccc2)c1Oc1cccc(F)c1)C(C)C. The van der Waals surface area contributed by atoms with Gasteiger partial charge >= 0.3 is 0 Å². The van der Waals surface area contributed by atoms with Crippen LogP contribution in [-0.4, -0.2) is 51.7 Å². The van der Waals surface area contributed by atoms with Gasteiger partial charge in [0, 0.05) is 31.8 Å². The maximum absolute atomic E-state index is 13.9. The molecule has 0 aliphatic rings. The molecule has 1 atom stereocenters. The molecule has 0 saturated heterocycles. The number of benzene rings is 2. The molecule has 0 amide bonds. The van der Waals surface area contributed by atoms with Gasteiger partial charge in [-0.15, -0.1) is 0 Å². The lowest BCUT2D eigenvalue weighted by Gasteiger charge is -2.29. The number of ether oxygens (including phenoxy) is 2. The molecule has 1 heterocycles. The summed E-state index contributed by atoms with van der Waals surface area (Å²) in [7, 11) is 0. The number of aliphatic hydroxyl groups is 1. The van der Waals surface area contributed by atoms with Crippen LogP contribution in [0.2, 0.25) is 0 Å². The molecule has 3 rings (SSSR count). The summed E-state index contributed by atoms with van der Waals surface area (Å²) in [4.78, 5) is 2.17. The number of para-hydroxylation sites is 1. The molecule has 7 heteroatoms. The van der Waals surface area contributed by atoms with Crippen molar-refractivity contribution in [3.63, 3.8) is 0 Å².